The van der Waals surface area contributed by atoms with Gasteiger partial charge in [-0.15, -0.1) is 0 Å². The predicted octanol–water partition coefficient (Wildman–Crippen LogP) is 2.30. The molecule has 1 heterocycles. The van der Waals surface area contributed by atoms with Gasteiger partial charge in [0.2, 0.25) is 0 Å². The molecule has 1 aliphatic rings. The minimum atomic E-state index is -0.386. The van der Waals surface area contributed by atoms with Crippen LogP contribution in [-0.2, 0) is 11.2 Å². The van der Waals surface area contributed by atoms with Crippen LogP contribution in [0.15, 0.2) is 24.3 Å². The first kappa shape index (κ1) is 16.7. The van der Waals surface area contributed by atoms with Crippen molar-refractivity contribution in [2.24, 2.45) is 0 Å². The fourth-order valence-corrected chi connectivity index (χ4v) is 2.80. The number of hydrogen-bond donors (Lipinski definition) is 1. The van der Waals surface area contributed by atoms with E-state index in [1.165, 1.54) is 10.5 Å². The fourth-order valence-electron chi connectivity index (χ4n) is 2.33. The van der Waals surface area contributed by atoms with E-state index >= 15 is 0 Å². The maximum Gasteiger partial charge on any atom is 0.324 e. The topological polar surface area (TPSA) is 58.6 Å². The number of aryl methyl sites for hydroxylation is 1. The number of nitrogens with zero attached hydrogens (tertiary/aromatic N) is 1. The van der Waals surface area contributed by atoms with Crippen LogP contribution in [0, 0.1) is 0 Å². The average Bonchev–Trinajstić information content (AvgIpc) is 2.80. The highest BCUT2D eigenvalue weighted by Gasteiger charge is 2.37. The van der Waals surface area contributed by atoms with Gasteiger partial charge < -0.3 is 10.1 Å². The van der Waals surface area contributed by atoms with Crippen LogP contribution in [-0.4, -0.2) is 48.0 Å². The van der Waals surface area contributed by atoms with Crippen molar-refractivity contribution in [1.82, 2.24) is 10.2 Å². The highest BCUT2D eigenvalue weighted by atomic mass is 32.2. The number of nitrogens with one attached hydrogen (secondary N) is 1. The summed E-state index contributed by atoms with van der Waals surface area (Å²) < 4.78 is 5.65. The third-order valence-corrected chi connectivity index (χ3v) is 4.25. The molecule has 2 rings (SSSR count). The van der Waals surface area contributed by atoms with Gasteiger partial charge in [-0.25, -0.2) is 4.79 Å². The van der Waals surface area contributed by atoms with Crippen molar-refractivity contribution >= 4 is 23.7 Å². The molecule has 120 valence electrons. The summed E-state index contributed by atoms with van der Waals surface area (Å²) in [5.41, 5.74) is 1.20. The zero-order valence-electron chi connectivity index (χ0n) is 13.0. The molecule has 0 aliphatic carbocycles. The molecule has 1 saturated heterocycles. The van der Waals surface area contributed by atoms with Crippen LogP contribution in [0.4, 0.5) is 4.79 Å². The van der Waals surface area contributed by atoms with Crippen LogP contribution in [0.5, 0.6) is 5.75 Å². The molecule has 1 atom stereocenters. The second-order valence-electron chi connectivity index (χ2n) is 5.12. The van der Waals surface area contributed by atoms with Gasteiger partial charge in [-0.05, 0) is 42.5 Å². The van der Waals surface area contributed by atoms with Crippen LogP contribution >= 0.6 is 11.8 Å². The number of ether oxygens (including phenoxy) is 1. The Hall–Kier alpha value is -1.69. The Morgan fingerprint density at radius 1 is 1.36 bits per heavy atom. The van der Waals surface area contributed by atoms with Crippen LogP contribution in [0.2, 0.25) is 0 Å². The molecule has 3 amide bonds. The minimum absolute atomic E-state index is 0.148. The van der Waals surface area contributed by atoms with E-state index in [1.54, 1.807) is 11.8 Å². The summed E-state index contributed by atoms with van der Waals surface area (Å²) in [4.78, 5) is 25.2. The lowest BCUT2D eigenvalue weighted by Crippen LogP contribution is -2.35. The molecule has 6 heteroatoms. The molecule has 1 aromatic carbocycles. The fraction of sp³-hybridized carbons (Fsp3) is 0.500. The van der Waals surface area contributed by atoms with Gasteiger partial charge in [-0.3, -0.25) is 9.69 Å². The van der Waals surface area contributed by atoms with Crippen molar-refractivity contribution in [1.29, 1.82) is 0 Å². The second kappa shape index (κ2) is 8.08. The minimum Gasteiger partial charge on any atom is -0.492 e. The first-order chi connectivity index (χ1) is 10.7. The molecule has 5 nitrogen and oxygen atoms in total. The maximum absolute atomic E-state index is 12.1. The van der Waals surface area contributed by atoms with Gasteiger partial charge in [0.05, 0.1) is 6.54 Å². The monoisotopic (exact) mass is 322 g/mol. The van der Waals surface area contributed by atoms with Crippen molar-refractivity contribution < 1.29 is 14.3 Å². The van der Waals surface area contributed by atoms with Crippen molar-refractivity contribution in [3.8, 4) is 5.75 Å². The first-order valence-electron chi connectivity index (χ1n) is 7.48. The van der Waals surface area contributed by atoms with E-state index in [2.05, 4.69) is 12.2 Å². The number of benzene rings is 1. The SMILES string of the molecule is CCc1cccc(OCCN2C(=O)NC(CCSC)C2=O)c1. The number of amides is 3. The Kier molecular flexibility index (Phi) is 6.12. The quantitative estimate of drug-likeness (QED) is 0.746. The number of imide groups is 1. The van der Waals surface area contributed by atoms with Crippen LogP contribution in [0.1, 0.15) is 18.9 Å². The average molecular weight is 322 g/mol. The molecular weight excluding hydrogens is 300 g/mol. The molecule has 0 radical (unpaired) electrons. The number of urea groups is 1. The Morgan fingerprint density at radius 2 is 2.18 bits per heavy atom. The van der Waals surface area contributed by atoms with Crippen molar-refractivity contribution in [2.75, 3.05) is 25.2 Å². The molecule has 0 spiro atoms. The zero-order valence-corrected chi connectivity index (χ0v) is 13.8. The highest BCUT2D eigenvalue weighted by molar-refractivity contribution is 7.98. The molecule has 1 aliphatic heterocycles. The number of carbonyl (C=O) groups is 2. The molecule has 1 aromatic rings. The van der Waals surface area contributed by atoms with Gasteiger partial charge in [0.1, 0.15) is 18.4 Å². The molecule has 0 aromatic heterocycles. The van der Waals surface area contributed by atoms with Crippen molar-refractivity contribution in [3.63, 3.8) is 0 Å². The molecule has 1 N–H and O–H groups in total. The van der Waals surface area contributed by atoms with E-state index in [9.17, 15) is 9.59 Å². The largest absolute Gasteiger partial charge is 0.492 e. The number of thioether (sulfide) groups is 1. The first-order valence-corrected chi connectivity index (χ1v) is 8.87. The lowest BCUT2D eigenvalue weighted by molar-refractivity contribution is -0.127. The third-order valence-electron chi connectivity index (χ3n) is 3.61. The molecule has 0 saturated carbocycles. The van der Waals surface area contributed by atoms with Crippen LogP contribution in [0.25, 0.3) is 0 Å². The van der Waals surface area contributed by atoms with Gasteiger partial charge in [-0.1, -0.05) is 19.1 Å². The number of hydrogen-bond acceptors (Lipinski definition) is 4. The smallest absolute Gasteiger partial charge is 0.324 e. The standard InChI is InChI=1S/C16H22N2O3S/c1-3-12-5-4-6-13(11-12)21-9-8-18-15(19)14(7-10-22-2)17-16(18)20/h4-6,11,14H,3,7-10H2,1-2H3,(H,17,20). The lowest BCUT2D eigenvalue weighted by Gasteiger charge is -2.14. The van der Waals surface area contributed by atoms with E-state index in [1.807, 2.05) is 30.5 Å². The Balaban J connectivity index is 1.83. The summed E-state index contributed by atoms with van der Waals surface area (Å²) in [5.74, 6) is 1.47. The molecule has 0 bridgehead atoms. The Bertz CT molecular complexity index is 536. The van der Waals surface area contributed by atoms with Crippen LogP contribution in [0.3, 0.4) is 0 Å². The van der Waals surface area contributed by atoms with E-state index in [4.69, 9.17) is 4.74 Å². The van der Waals surface area contributed by atoms with Crippen molar-refractivity contribution in [2.45, 2.75) is 25.8 Å². The van der Waals surface area contributed by atoms with Gasteiger partial charge >= 0.3 is 6.03 Å². The number of carbonyl (C=O) groups excluding carboxylic acids is 2. The molecular formula is C16H22N2O3S. The molecule has 22 heavy (non-hydrogen) atoms. The van der Waals surface area contributed by atoms with Gasteiger partial charge in [0.15, 0.2) is 0 Å². The third kappa shape index (κ3) is 4.16. The Labute approximate surface area is 135 Å². The van der Waals surface area contributed by atoms with E-state index < -0.39 is 0 Å². The zero-order chi connectivity index (χ0) is 15.9. The van der Waals surface area contributed by atoms with E-state index in [0.29, 0.717) is 13.0 Å². The molecule has 1 unspecified atom stereocenters. The van der Waals surface area contributed by atoms with Gasteiger partial charge in [0.25, 0.3) is 5.91 Å². The summed E-state index contributed by atoms with van der Waals surface area (Å²) in [5, 5.41) is 2.72. The van der Waals surface area contributed by atoms with E-state index in [0.717, 1.165) is 17.9 Å². The lowest BCUT2D eigenvalue weighted by atomic mass is 10.2. The summed E-state index contributed by atoms with van der Waals surface area (Å²) in [7, 11) is 0. The highest BCUT2D eigenvalue weighted by Crippen LogP contribution is 2.15. The predicted molar refractivity (Wildman–Crippen MR) is 88.3 cm³/mol. The summed E-state index contributed by atoms with van der Waals surface area (Å²) in [6.07, 6.45) is 3.60. The Morgan fingerprint density at radius 3 is 2.91 bits per heavy atom. The summed E-state index contributed by atoms with van der Waals surface area (Å²) in [6, 6.07) is 7.14. The maximum atomic E-state index is 12.1. The second-order valence-corrected chi connectivity index (χ2v) is 6.11. The van der Waals surface area contributed by atoms with E-state index in [-0.39, 0.29) is 24.5 Å². The van der Waals surface area contributed by atoms with Crippen molar-refractivity contribution in [3.05, 3.63) is 29.8 Å². The summed E-state index contributed by atoms with van der Waals surface area (Å²) >= 11 is 1.66. The van der Waals surface area contributed by atoms with Gasteiger partial charge in [-0.2, -0.15) is 11.8 Å². The summed E-state index contributed by atoms with van der Waals surface area (Å²) in [6.45, 7) is 2.67. The molecule has 1 fully saturated rings. The van der Waals surface area contributed by atoms with Gasteiger partial charge in [0, 0.05) is 0 Å². The number of rotatable bonds is 8. The van der Waals surface area contributed by atoms with Crippen LogP contribution < -0.4 is 10.1 Å². The normalized spacial score (nSPS) is 17.7.